The van der Waals surface area contributed by atoms with Gasteiger partial charge in [0.25, 0.3) is 0 Å². The number of rotatable bonds is 3. The van der Waals surface area contributed by atoms with Gasteiger partial charge in [-0.05, 0) is 19.1 Å². The summed E-state index contributed by atoms with van der Waals surface area (Å²) in [6, 6.07) is 6.96. The average Bonchev–Trinajstić information content (AvgIpc) is 2.12. The molecule has 0 heterocycles. The maximum atomic E-state index is 12.4. The summed E-state index contributed by atoms with van der Waals surface area (Å²) in [6.45, 7) is 1.44. The van der Waals surface area contributed by atoms with Crippen LogP contribution in [-0.2, 0) is 0 Å². The van der Waals surface area contributed by atoms with Gasteiger partial charge in [0.1, 0.15) is 5.25 Å². The van der Waals surface area contributed by atoms with E-state index in [1.165, 1.54) is 0 Å². The third-order valence-electron chi connectivity index (χ3n) is 1.85. The molecule has 0 bridgehead atoms. The zero-order valence-corrected chi connectivity index (χ0v) is 9.03. The van der Waals surface area contributed by atoms with Gasteiger partial charge in [-0.1, -0.05) is 17.7 Å². The van der Waals surface area contributed by atoms with Crippen molar-refractivity contribution in [3.05, 3.63) is 29.8 Å². The molecule has 0 fully saturated rings. The summed E-state index contributed by atoms with van der Waals surface area (Å²) in [7, 11) is 0. The molecule has 0 saturated heterocycles. The van der Waals surface area contributed by atoms with Crippen molar-refractivity contribution in [1.82, 2.24) is 0 Å². The molecule has 0 aliphatic rings. The van der Waals surface area contributed by atoms with E-state index in [-0.39, 0.29) is 0 Å². The number of benzene rings is 1. The fourth-order valence-corrected chi connectivity index (χ4v) is 2.07. The number of alkyl halides is 3. The first-order valence-electron chi connectivity index (χ1n) is 4.43. The van der Waals surface area contributed by atoms with Gasteiger partial charge in [0.2, 0.25) is 0 Å². The highest BCUT2D eigenvalue weighted by Crippen LogP contribution is 2.34. The zero-order chi connectivity index (χ0) is 11.5. The molecular formula is C10H12F3NS. The molecule has 1 rings (SSSR count). The Hall–Kier alpha value is -0.680. The Bertz CT molecular complexity index is 325. The van der Waals surface area contributed by atoms with Gasteiger partial charge < -0.3 is 5.73 Å². The highest BCUT2D eigenvalue weighted by atomic mass is 32.2. The van der Waals surface area contributed by atoms with Crippen molar-refractivity contribution >= 4 is 11.8 Å². The summed E-state index contributed by atoms with van der Waals surface area (Å²) in [5.41, 5.74) is 6.05. The molecule has 1 aromatic carbocycles. The molecule has 0 aliphatic heterocycles. The van der Waals surface area contributed by atoms with Crippen LogP contribution < -0.4 is 5.73 Å². The zero-order valence-electron chi connectivity index (χ0n) is 8.21. The van der Waals surface area contributed by atoms with E-state index in [1.807, 2.05) is 13.0 Å². The number of thioether (sulfide) groups is 1. The van der Waals surface area contributed by atoms with Crippen LogP contribution in [0.1, 0.15) is 5.56 Å². The van der Waals surface area contributed by atoms with Crippen molar-refractivity contribution in [2.24, 2.45) is 5.73 Å². The van der Waals surface area contributed by atoms with E-state index in [0.717, 1.165) is 17.3 Å². The van der Waals surface area contributed by atoms with E-state index < -0.39 is 18.0 Å². The number of aryl methyl sites for hydroxylation is 1. The van der Waals surface area contributed by atoms with E-state index >= 15 is 0 Å². The summed E-state index contributed by atoms with van der Waals surface area (Å²) in [5.74, 6) is 0. The van der Waals surface area contributed by atoms with Crippen LogP contribution in [0.25, 0.3) is 0 Å². The normalized spacial score (nSPS) is 13.9. The molecule has 0 spiro atoms. The predicted octanol–water partition coefficient (Wildman–Crippen LogP) is 2.98. The van der Waals surface area contributed by atoms with Crippen molar-refractivity contribution < 1.29 is 13.2 Å². The molecule has 0 saturated carbocycles. The SMILES string of the molecule is Cc1cccc(SC(CN)C(F)(F)F)c1. The van der Waals surface area contributed by atoms with Crippen LogP contribution in [0.4, 0.5) is 13.2 Å². The number of hydrogen-bond acceptors (Lipinski definition) is 2. The van der Waals surface area contributed by atoms with E-state index in [4.69, 9.17) is 5.73 Å². The van der Waals surface area contributed by atoms with Crippen molar-refractivity contribution in [2.75, 3.05) is 6.54 Å². The molecule has 5 heteroatoms. The van der Waals surface area contributed by atoms with Crippen LogP contribution in [0, 0.1) is 6.92 Å². The van der Waals surface area contributed by atoms with Gasteiger partial charge >= 0.3 is 6.18 Å². The van der Waals surface area contributed by atoms with Gasteiger partial charge in [-0.15, -0.1) is 11.8 Å². The van der Waals surface area contributed by atoms with Gasteiger partial charge in [0.15, 0.2) is 0 Å². The third kappa shape index (κ3) is 3.76. The summed E-state index contributed by atoms with van der Waals surface area (Å²) in [5, 5.41) is -1.53. The molecule has 0 aromatic heterocycles. The molecule has 15 heavy (non-hydrogen) atoms. The lowest BCUT2D eigenvalue weighted by Gasteiger charge is -2.17. The predicted molar refractivity (Wildman–Crippen MR) is 55.9 cm³/mol. The van der Waals surface area contributed by atoms with Gasteiger partial charge in [-0.3, -0.25) is 0 Å². The van der Waals surface area contributed by atoms with Crippen LogP contribution in [0.5, 0.6) is 0 Å². The van der Waals surface area contributed by atoms with Gasteiger partial charge in [-0.25, -0.2) is 0 Å². The van der Waals surface area contributed by atoms with Gasteiger partial charge in [0, 0.05) is 11.4 Å². The highest BCUT2D eigenvalue weighted by molar-refractivity contribution is 8.00. The minimum Gasteiger partial charge on any atom is -0.329 e. The first-order chi connectivity index (χ1) is 6.93. The summed E-state index contributed by atoms with van der Waals surface area (Å²) in [6.07, 6.45) is -4.25. The molecule has 1 nitrogen and oxygen atoms in total. The van der Waals surface area contributed by atoms with Crippen LogP contribution in [0.3, 0.4) is 0 Å². The Kier molecular flexibility index (Phi) is 4.04. The lowest BCUT2D eigenvalue weighted by Crippen LogP contribution is -2.32. The van der Waals surface area contributed by atoms with Crippen LogP contribution in [0.15, 0.2) is 29.2 Å². The first-order valence-corrected chi connectivity index (χ1v) is 5.31. The molecule has 84 valence electrons. The van der Waals surface area contributed by atoms with E-state index in [2.05, 4.69) is 0 Å². The lowest BCUT2D eigenvalue weighted by molar-refractivity contribution is -0.126. The smallest absolute Gasteiger partial charge is 0.329 e. The Balaban J connectivity index is 2.76. The molecule has 1 aromatic rings. The maximum Gasteiger partial charge on any atom is 0.402 e. The monoisotopic (exact) mass is 235 g/mol. The molecule has 0 radical (unpaired) electrons. The maximum absolute atomic E-state index is 12.4. The van der Waals surface area contributed by atoms with E-state index in [1.54, 1.807) is 18.2 Å². The molecule has 2 N–H and O–H groups in total. The molecule has 0 aliphatic carbocycles. The van der Waals surface area contributed by atoms with Crippen molar-refractivity contribution in [3.8, 4) is 0 Å². The number of hydrogen-bond donors (Lipinski definition) is 1. The van der Waals surface area contributed by atoms with Crippen molar-refractivity contribution in [3.63, 3.8) is 0 Å². The van der Waals surface area contributed by atoms with Gasteiger partial charge in [-0.2, -0.15) is 13.2 Å². The molecule has 1 atom stereocenters. The Morgan fingerprint density at radius 3 is 2.53 bits per heavy atom. The standard InChI is InChI=1S/C10H12F3NS/c1-7-3-2-4-8(5-7)15-9(6-14)10(11,12)13/h2-5,9H,6,14H2,1H3. The minimum atomic E-state index is -4.25. The fraction of sp³-hybridized carbons (Fsp3) is 0.400. The number of nitrogens with two attached hydrogens (primary N) is 1. The lowest BCUT2D eigenvalue weighted by atomic mass is 10.2. The van der Waals surface area contributed by atoms with Crippen LogP contribution in [-0.4, -0.2) is 18.0 Å². The highest BCUT2D eigenvalue weighted by Gasteiger charge is 2.39. The van der Waals surface area contributed by atoms with Crippen molar-refractivity contribution in [1.29, 1.82) is 0 Å². The summed E-state index contributed by atoms with van der Waals surface area (Å²) in [4.78, 5) is 0.600. The Morgan fingerprint density at radius 1 is 1.40 bits per heavy atom. The second-order valence-electron chi connectivity index (χ2n) is 3.20. The summed E-state index contributed by atoms with van der Waals surface area (Å²) >= 11 is 0.760. The third-order valence-corrected chi connectivity index (χ3v) is 3.12. The summed E-state index contributed by atoms with van der Waals surface area (Å²) < 4.78 is 37.2. The molecule has 0 amide bonds. The Labute approximate surface area is 90.9 Å². The van der Waals surface area contributed by atoms with Gasteiger partial charge in [0.05, 0.1) is 0 Å². The van der Waals surface area contributed by atoms with Crippen LogP contribution >= 0.6 is 11.8 Å². The van der Waals surface area contributed by atoms with E-state index in [9.17, 15) is 13.2 Å². The second-order valence-corrected chi connectivity index (χ2v) is 4.48. The first kappa shape index (κ1) is 12.4. The molecular weight excluding hydrogens is 223 g/mol. The average molecular weight is 235 g/mol. The van der Waals surface area contributed by atoms with Crippen molar-refractivity contribution in [2.45, 2.75) is 23.2 Å². The number of halogens is 3. The van der Waals surface area contributed by atoms with E-state index in [0.29, 0.717) is 4.90 Å². The largest absolute Gasteiger partial charge is 0.402 e. The topological polar surface area (TPSA) is 26.0 Å². The van der Waals surface area contributed by atoms with Crippen LogP contribution in [0.2, 0.25) is 0 Å². The Morgan fingerprint density at radius 2 is 2.07 bits per heavy atom. The minimum absolute atomic E-state index is 0.401. The second kappa shape index (κ2) is 4.90. The molecule has 1 unspecified atom stereocenters. The fourth-order valence-electron chi connectivity index (χ4n) is 1.10. The quantitative estimate of drug-likeness (QED) is 0.815.